The van der Waals surface area contributed by atoms with Gasteiger partial charge in [-0.3, -0.25) is 9.59 Å². The second-order valence-electron chi connectivity index (χ2n) is 5.15. The van der Waals surface area contributed by atoms with Gasteiger partial charge in [-0.05, 0) is 12.3 Å². The lowest BCUT2D eigenvalue weighted by atomic mass is 9.81. The average molecular weight is 229 g/mol. The van der Waals surface area contributed by atoms with E-state index in [4.69, 9.17) is 5.11 Å². The van der Waals surface area contributed by atoms with E-state index in [0.29, 0.717) is 13.1 Å². The smallest absolute Gasteiger partial charge is 0.305 e. The number of rotatable bonds is 5. The Balaban J connectivity index is 4.47. The summed E-state index contributed by atoms with van der Waals surface area (Å²) in [4.78, 5) is 24.2. The van der Waals surface area contributed by atoms with Crippen LogP contribution < -0.4 is 0 Å². The van der Waals surface area contributed by atoms with Crippen LogP contribution in [-0.2, 0) is 9.59 Å². The normalized spacial score (nSPS) is 13.3. The van der Waals surface area contributed by atoms with Crippen molar-refractivity contribution in [3.05, 3.63) is 0 Å². The number of hydrogen-bond donors (Lipinski definition) is 1. The predicted octanol–water partition coefficient (Wildman–Crippen LogP) is 1.99. The van der Waals surface area contributed by atoms with E-state index < -0.39 is 5.97 Å². The fourth-order valence-electron chi connectivity index (χ4n) is 1.30. The molecule has 0 saturated carbocycles. The van der Waals surface area contributed by atoms with Crippen molar-refractivity contribution in [3.8, 4) is 0 Å². The Kier molecular flexibility index (Phi) is 5.48. The zero-order chi connectivity index (χ0) is 12.9. The number of carbonyl (C=O) groups is 2. The van der Waals surface area contributed by atoms with Crippen molar-refractivity contribution < 1.29 is 14.7 Å². The molecule has 1 atom stereocenters. The largest absolute Gasteiger partial charge is 0.481 e. The van der Waals surface area contributed by atoms with E-state index in [-0.39, 0.29) is 23.7 Å². The molecule has 0 radical (unpaired) electrons. The molecule has 1 N–H and O–H groups in total. The van der Waals surface area contributed by atoms with Crippen LogP contribution in [0.5, 0.6) is 0 Å². The van der Waals surface area contributed by atoms with Crippen molar-refractivity contribution in [1.29, 1.82) is 0 Å². The van der Waals surface area contributed by atoms with E-state index in [0.717, 1.165) is 0 Å². The summed E-state index contributed by atoms with van der Waals surface area (Å²) in [5.41, 5.74) is -0.0896. The van der Waals surface area contributed by atoms with Gasteiger partial charge >= 0.3 is 5.97 Å². The molecule has 0 aromatic carbocycles. The molecular weight excluding hydrogens is 206 g/mol. The van der Waals surface area contributed by atoms with Gasteiger partial charge in [0, 0.05) is 19.0 Å². The van der Waals surface area contributed by atoms with Crippen LogP contribution in [0.3, 0.4) is 0 Å². The van der Waals surface area contributed by atoms with Crippen molar-refractivity contribution in [2.45, 2.75) is 41.0 Å². The molecule has 0 heterocycles. The van der Waals surface area contributed by atoms with Gasteiger partial charge in [0.1, 0.15) is 0 Å². The molecule has 1 unspecified atom stereocenters. The van der Waals surface area contributed by atoms with Crippen LogP contribution in [0.4, 0.5) is 0 Å². The first-order valence-corrected chi connectivity index (χ1v) is 5.70. The molecule has 4 heteroatoms. The lowest BCUT2D eigenvalue weighted by molar-refractivity contribution is -0.140. The summed E-state index contributed by atoms with van der Waals surface area (Å²) in [7, 11) is 0. The molecule has 4 nitrogen and oxygen atoms in total. The summed E-state index contributed by atoms with van der Waals surface area (Å²) < 4.78 is 0. The molecule has 0 saturated heterocycles. The summed E-state index contributed by atoms with van der Waals surface area (Å²) in [5, 5.41) is 8.60. The highest BCUT2D eigenvalue weighted by Crippen LogP contribution is 2.27. The first-order valence-electron chi connectivity index (χ1n) is 5.70. The predicted molar refractivity (Wildman–Crippen MR) is 63.1 cm³/mol. The number of hydrogen-bond acceptors (Lipinski definition) is 2. The number of carboxylic acid groups (broad SMARTS) is 1. The van der Waals surface area contributed by atoms with E-state index in [1.54, 1.807) is 4.90 Å². The van der Waals surface area contributed by atoms with E-state index in [9.17, 15) is 9.59 Å². The molecule has 0 rings (SSSR count). The Hall–Kier alpha value is -1.06. The van der Waals surface area contributed by atoms with Gasteiger partial charge in [-0.2, -0.15) is 0 Å². The van der Waals surface area contributed by atoms with Gasteiger partial charge < -0.3 is 10.0 Å². The first-order chi connectivity index (χ1) is 7.20. The Morgan fingerprint density at radius 2 is 1.81 bits per heavy atom. The van der Waals surface area contributed by atoms with Crippen molar-refractivity contribution >= 4 is 11.9 Å². The summed E-state index contributed by atoms with van der Waals surface area (Å²) in [6.45, 7) is 10.7. The molecule has 0 aliphatic heterocycles. The highest BCUT2D eigenvalue weighted by atomic mass is 16.4. The molecule has 94 valence electrons. The zero-order valence-electron chi connectivity index (χ0n) is 10.9. The Labute approximate surface area is 97.6 Å². The first kappa shape index (κ1) is 14.9. The van der Waals surface area contributed by atoms with Gasteiger partial charge in [-0.1, -0.05) is 27.7 Å². The van der Waals surface area contributed by atoms with E-state index in [1.165, 1.54) is 0 Å². The van der Waals surface area contributed by atoms with Crippen LogP contribution in [0.2, 0.25) is 0 Å². The Bertz CT molecular complexity index is 255. The number of amides is 1. The topological polar surface area (TPSA) is 57.6 Å². The standard InChI is InChI=1S/C12H23NO3/c1-6-13(8-7-10(14)15)11(16)9(2)12(3,4)5/h9H,6-8H2,1-5H3,(H,14,15). The molecule has 0 aromatic rings. The van der Waals surface area contributed by atoms with Crippen molar-refractivity contribution in [2.75, 3.05) is 13.1 Å². The molecule has 0 aliphatic carbocycles. The van der Waals surface area contributed by atoms with Crippen LogP contribution in [0.1, 0.15) is 41.0 Å². The van der Waals surface area contributed by atoms with Crippen molar-refractivity contribution in [2.24, 2.45) is 11.3 Å². The quantitative estimate of drug-likeness (QED) is 0.784. The fourth-order valence-corrected chi connectivity index (χ4v) is 1.30. The number of carboxylic acids is 1. The van der Waals surface area contributed by atoms with E-state index >= 15 is 0 Å². The summed E-state index contributed by atoms with van der Waals surface area (Å²) in [6, 6.07) is 0. The number of carbonyl (C=O) groups excluding carboxylic acids is 1. The van der Waals surface area contributed by atoms with Crippen molar-refractivity contribution in [3.63, 3.8) is 0 Å². The maximum Gasteiger partial charge on any atom is 0.305 e. The lowest BCUT2D eigenvalue weighted by Gasteiger charge is -2.31. The molecular formula is C12H23NO3. The molecule has 0 fully saturated rings. The molecule has 0 aliphatic rings. The van der Waals surface area contributed by atoms with Gasteiger partial charge in [0.25, 0.3) is 0 Å². The number of aliphatic carboxylic acids is 1. The van der Waals surface area contributed by atoms with Gasteiger partial charge in [0.05, 0.1) is 6.42 Å². The second-order valence-corrected chi connectivity index (χ2v) is 5.15. The molecule has 0 spiro atoms. The van der Waals surface area contributed by atoms with Gasteiger partial charge in [0.2, 0.25) is 5.91 Å². The maximum atomic E-state index is 12.1. The fraction of sp³-hybridized carbons (Fsp3) is 0.833. The Morgan fingerprint density at radius 1 is 1.31 bits per heavy atom. The van der Waals surface area contributed by atoms with Crippen LogP contribution >= 0.6 is 0 Å². The van der Waals surface area contributed by atoms with Crippen LogP contribution in [-0.4, -0.2) is 35.0 Å². The number of nitrogens with zero attached hydrogens (tertiary/aromatic N) is 1. The third kappa shape index (κ3) is 4.64. The minimum Gasteiger partial charge on any atom is -0.481 e. The highest BCUT2D eigenvalue weighted by Gasteiger charge is 2.29. The third-order valence-corrected chi connectivity index (χ3v) is 2.96. The van der Waals surface area contributed by atoms with Gasteiger partial charge in [-0.25, -0.2) is 0 Å². The zero-order valence-corrected chi connectivity index (χ0v) is 10.9. The van der Waals surface area contributed by atoms with Gasteiger partial charge in [-0.15, -0.1) is 0 Å². The monoisotopic (exact) mass is 229 g/mol. The van der Waals surface area contributed by atoms with Crippen LogP contribution in [0, 0.1) is 11.3 Å². The summed E-state index contributed by atoms with van der Waals surface area (Å²) in [6.07, 6.45) is 0.0104. The second kappa shape index (κ2) is 5.87. The third-order valence-electron chi connectivity index (χ3n) is 2.96. The van der Waals surface area contributed by atoms with E-state index in [2.05, 4.69) is 0 Å². The minimum absolute atomic E-state index is 0.0104. The highest BCUT2D eigenvalue weighted by molar-refractivity contribution is 5.79. The molecule has 0 bridgehead atoms. The van der Waals surface area contributed by atoms with E-state index in [1.807, 2.05) is 34.6 Å². The molecule has 1 amide bonds. The van der Waals surface area contributed by atoms with Crippen LogP contribution in [0.25, 0.3) is 0 Å². The minimum atomic E-state index is -0.866. The van der Waals surface area contributed by atoms with Crippen molar-refractivity contribution in [1.82, 2.24) is 4.90 Å². The average Bonchev–Trinajstić information content (AvgIpc) is 2.15. The SMILES string of the molecule is CCN(CCC(=O)O)C(=O)C(C)C(C)(C)C. The summed E-state index contributed by atoms with van der Waals surface area (Å²) in [5.74, 6) is -0.924. The maximum absolute atomic E-state index is 12.1. The molecule has 16 heavy (non-hydrogen) atoms. The summed E-state index contributed by atoms with van der Waals surface area (Å²) >= 11 is 0. The Morgan fingerprint density at radius 3 is 2.12 bits per heavy atom. The lowest BCUT2D eigenvalue weighted by Crippen LogP contribution is -2.40. The van der Waals surface area contributed by atoms with Crippen LogP contribution in [0.15, 0.2) is 0 Å². The van der Waals surface area contributed by atoms with Gasteiger partial charge in [0.15, 0.2) is 0 Å². The molecule has 0 aromatic heterocycles.